The van der Waals surface area contributed by atoms with Crippen LogP contribution in [0.25, 0.3) is 5.65 Å². The van der Waals surface area contributed by atoms with Gasteiger partial charge in [0.25, 0.3) is 5.91 Å². The summed E-state index contributed by atoms with van der Waals surface area (Å²) in [5.74, 6) is -1.17. The lowest BCUT2D eigenvalue weighted by Crippen LogP contribution is -2.42. The molecule has 2 N–H and O–H groups in total. The normalized spacial score (nSPS) is 10.6. The van der Waals surface area contributed by atoms with Crippen LogP contribution in [-0.4, -0.2) is 40.4 Å². The van der Waals surface area contributed by atoms with Crippen molar-refractivity contribution >= 4 is 23.6 Å². The largest absolute Gasteiger partial charge is 0.451 e. The Balaban J connectivity index is 1.81. The van der Waals surface area contributed by atoms with Crippen molar-refractivity contribution in [2.45, 2.75) is 13.8 Å². The van der Waals surface area contributed by atoms with E-state index >= 15 is 0 Å². The summed E-state index contributed by atoms with van der Waals surface area (Å²) in [7, 11) is 0. The van der Waals surface area contributed by atoms with E-state index in [1.807, 2.05) is 13.8 Å². The second kappa shape index (κ2) is 7.39. The second-order valence-corrected chi connectivity index (χ2v) is 5.32. The van der Waals surface area contributed by atoms with E-state index in [9.17, 15) is 14.4 Å². The van der Waals surface area contributed by atoms with Crippen LogP contribution >= 0.6 is 0 Å². The Labute approximate surface area is 132 Å². The first kappa shape index (κ1) is 16.5. The number of hydrogen-bond donors (Lipinski definition) is 2. The van der Waals surface area contributed by atoms with Gasteiger partial charge in [0.15, 0.2) is 12.3 Å². The smallest absolute Gasteiger partial charge is 0.359 e. The molecule has 0 atom stereocenters. The minimum Gasteiger partial charge on any atom is -0.451 e. The van der Waals surface area contributed by atoms with Crippen molar-refractivity contribution in [3.63, 3.8) is 0 Å². The maximum Gasteiger partial charge on any atom is 0.359 e. The van der Waals surface area contributed by atoms with Gasteiger partial charge in [-0.15, -0.1) is 0 Å². The van der Waals surface area contributed by atoms with E-state index in [0.29, 0.717) is 12.2 Å². The summed E-state index contributed by atoms with van der Waals surface area (Å²) in [5.41, 5.74) is 0.685. The number of carbonyl (C=O) groups excluding carboxylic acids is 3. The van der Waals surface area contributed by atoms with Crippen LogP contribution in [0.2, 0.25) is 0 Å². The molecule has 2 heterocycles. The fourth-order valence-corrected chi connectivity index (χ4v) is 1.74. The van der Waals surface area contributed by atoms with Crippen molar-refractivity contribution < 1.29 is 19.1 Å². The zero-order valence-corrected chi connectivity index (χ0v) is 12.9. The van der Waals surface area contributed by atoms with E-state index in [-0.39, 0.29) is 11.6 Å². The number of nitrogens with one attached hydrogen (secondary N) is 2. The molecule has 0 spiro atoms. The summed E-state index contributed by atoms with van der Waals surface area (Å²) >= 11 is 0. The van der Waals surface area contributed by atoms with Crippen molar-refractivity contribution in [3.8, 4) is 0 Å². The number of hydrogen-bond acceptors (Lipinski definition) is 5. The number of urea groups is 1. The van der Waals surface area contributed by atoms with Crippen molar-refractivity contribution in [2.24, 2.45) is 5.92 Å². The van der Waals surface area contributed by atoms with E-state index < -0.39 is 24.5 Å². The van der Waals surface area contributed by atoms with Gasteiger partial charge in [-0.2, -0.15) is 0 Å². The standard InChI is InChI=1S/C15H18N4O4/c1-10(2)7-16-15(22)18-13(20)9-23-14(21)11-8-19-6-4-3-5-12(19)17-11/h3-6,8,10H,7,9H2,1-2H3,(H2,16,18,20,22). The number of aromatic nitrogens is 2. The van der Waals surface area contributed by atoms with Gasteiger partial charge >= 0.3 is 12.0 Å². The van der Waals surface area contributed by atoms with Crippen LogP contribution in [0.1, 0.15) is 24.3 Å². The van der Waals surface area contributed by atoms with Gasteiger partial charge in [0.1, 0.15) is 5.65 Å². The van der Waals surface area contributed by atoms with Gasteiger partial charge in [0.05, 0.1) is 0 Å². The molecule has 0 bridgehead atoms. The SMILES string of the molecule is CC(C)CNC(=O)NC(=O)COC(=O)c1cn2ccccc2n1. The van der Waals surface area contributed by atoms with Gasteiger partial charge in [-0.3, -0.25) is 10.1 Å². The molecule has 0 aromatic carbocycles. The highest BCUT2D eigenvalue weighted by atomic mass is 16.5. The minimum absolute atomic E-state index is 0.0910. The summed E-state index contributed by atoms with van der Waals surface area (Å²) in [4.78, 5) is 38.8. The first-order valence-electron chi connectivity index (χ1n) is 7.14. The van der Waals surface area contributed by atoms with Crippen LogP contribution in [-0.2, 0) is 9.53 Å². The maximum atomic E-state index is 11.8. The lowest BCUT2D eigenvalue weighted by Gasteiger charge is -2.08. The van der Waals surface area contributed by atoms with Gasteiger partial charge in [-0.25, -0.2) is 14.6 Å². The molecule has 0 aliphatic rings. The summed E-state index contributed by atoms with van der Waals surface area (Å²) in [5, 5.41) is 4.60. The van der Waals surface area contributed by atoms with E-state index in [2.05, 4.69) is 15.6 Å². The molecule has 2 rings (SSSR count). The average molecular weight is 318 g/mol. The van der Waals surface area contributed by atoms with Gasteiger partial charge in [-0.1, -0.05) is 19.9 Å². The molecule has 2 aromatic heterocycles. The Morgan fingerprint density at radius 2 is 2.09 bits per heavy atom. The van der Waals surface area contributed by atoms with Crippen LogP contribution in [0.5, 0.6) is 0 Å². The van der Waals surface area contributed by atoms with E-state index in [0.717, 1.165) is 0 Å². The van der Waals surface area contributed by atoms with E-state index in [1.54, 1.807) is 28.8 Å². The summed E-state index contributed by atoms with van der Waals surface area (Å²) in [6.07, 6.45) is 3.25. The summed E-state index contributed by atoms with van der Waals surface area (Å²) < 4.78 is 6.50. The lowest BCUT2D eigenvalue weighted by molar-refractivity contribution is -0.123. The Bertz CT molecular complexity index is 690. The fourth-order valence-electron chi connectivity index (χ4n) is 1.74. The molecular weight excluding hydrogens is 300 g/mol. The topological polar surface area (TPSA) is 102 Å². The highest BCUT2D eigenvalue weighted by Gasteiger charge is 2.15. The van der Waals surface area contributed by atoms with Crippen molar-refractivity contribution in [2.75, 3.05) is 13.2 Å². The van der Waals surface area contributed by atoms with Crippen LogP contribution in [0.3, 0.4) is 0 Å². The van der Waals surface area contributed by atoms with Gasteiger partial charge in [0.2, 0.25) is 0 Å². The molecule has 8 nitrogen and oxygen atoms in total. The quantitative estimate of drug-likeness (QED) is 0.800. The molecule has 0 saturated carbocycles. The molecule has 23 heavy (non-hydrogen) atoms. The van der Waals surface area contributed by atoms with Crippen LogP contribution < -0.4 is 10.6 Å². The van der Waals surface area contributed by atoms with Crippen LogP contribution in [0.15, 0.2) is 30.6 Å². The van der Waals surface area contributed by atoms with Crippen molar-refractivity contribution in [3.05, 3.63) is 36.3 Å². The zero-order chi connectivity index (χ0) is 16.8. The minimum atomic E-state index is -0.730. The van der Waals surface area contributed by atoms with Crippen LogP contribution in [0.4, 0.5) is 4.79 Å². The third kappa shape index (κ3) is 4.80. The molecule has 2 aromatic rings. The molecule has 0 fully saturated rings. The highest BCUT2D eigenvalue weighted by Crippen LogP contribution is 2.05. The second-order valence-electron chi connectivity index (χ2n) is 5.32. The fraction of sp³-hybridized carbons (Fsp3) is 0.333. The first-order valence-corrected chi connectivity index (χ1v) is 7.14. The Hall–Kier alpha value is -2.90. The number of ether oxygens (including phenoxy) is 1. The predicted molar refractivity (Wildman–Crippen MR) is 81.9 cm³/mol. The molecular formula is C15H18N4O4. The summed E-state index contributed by atoms with van der Waals surface area (Å²) in [6.45, 7) is 3.75. The Morgan fingerprint density at radius 3 is 2.78 bits per heavy atom. The number of amides is 3. The number of imide groups is 1. The van der Waals surface area contributed by atoms with E-state index in [4.69, 9.17) is 4.74 Å². The maximum absolute atomic E-state index is 11.8. The Kier molecular flexibility index (Phi) is 5.29. The monoisotopic (exact) mass is 318 g/mol. The molecule has 0 saturated heterocycles. The zero-order valence-electron chi connectivity index (χ0n) is 12.9. The number of nitrogens with zero attached hydrogens (tertiary/aromatic N) is 2. The molecule has 3 amide bonds. The van der Waals surface area contributed by atoms with Gasteiger partial charge in [-0.05, 0) is 18.1 Å². The number of imidazole rings is 1. The third-order valence-corrected chi connectivity index (χ3v) is 2.83. The van der Waals surface area contributed by atoms with Crippen molar-refractivity contribution in [1.29, 1.82) is 0 Å². The third-order valence-electron chi connectivity index (χ3n) is 2.83. The predicted octanol–water partition coefficient (Wildman–Crippen LogP) is 0.973. The van der Waals surface area contributed by atoms with Crippen LogP contribution in [0, 0.1) is 5.92 Å². The molecule has 0 radical (unpaired) electrons. The molecule has 8 heteroatoms. The van der Waals surface area contributed by atoms with E-state index in [1.165, 1.54) is 6.20 Å². The number of carbonyl (C=O) groups is 3. The number of esters is 1. The molecule has 0 unspecified atom stereocenters. The number of rotatable bonds is 5. The van der Waals surface area contributed by atoms with Gasteiger partial charge < -0.3 is 14.5 Å². The lowest BCUT2D eigenvalue weighted by atomic mass is 10.2. The molecule has 122 valence electrons. The molecule has 0 aliphatic heterocycles. The molecule has 0 aliphatic carbocycles. The summed E-state index contributed by atoms with van der Waals surface area (Å²) in [6, 6.07) is 4.71. The first-order chi connectivity index (χ1) is 11.0. The van der Waals surface area contributed by atoms with Gasteiger partial charge in [0, 0.05) is 18.9 Å². The van der Waals surface area contributed by atoms with Crippen molar-refractivity contribution in [1.82, 2.24) is 20.0 Å². The number of pyridine rings is 1. The highest BCUT2D eigenvalue weighted by molar-refractivity contribution is 5.96. The number of fused-ring (bicyclic) bond motifs is 1. The average Bonchev–Trinajstić information content (AvgIpc) is 2.94. The Morgan fingerprint density at radius 1 is 1.30 bits per heavy atom.